The van der Waals surface area contributed by atoms with Gasteiger partial charge in [-0.2, -0.15) is 0 Å². The van der Waals surface area contributed by atoms with E-state index in [-0.39, 0.29) is 9.68 Å². The molecule has 2 heteroatoms. The second-order valence-electron chi connectivity index (χ2n) is 4.75. The fraction of sp³-hybridized carbons (Fsp3) is 1.00. The fourth-order valence-electron chi connectivity index (χ4n) is 1.14. The van der Waals surface area contributed by atoms with Gasteiger partial charge < -0.3 is 4.57 Å². The highest BCUT2D eigenvalue weighted by Crippen LogP contribution is 2.29. The molecule has 0 bridgehead atoms. The van der Waals surface area contributed by atoms with E-state index < -0.39 is 0 Å². The molecule has 1 unspecified atom stereocenters. The van der Waals surface area contributed by atoms with E-state index in [1.807, 2.05) is 0 Å². The van der Waals surface area contributed by atoms with Crippen LogP contribution in [0.4, 0.5) is 0 Å². The molecule has 0 radical (unpaired) electrons. The molecule has 0 aliphatic heterocycles. The van der Waals surface area contributed by atoms with E-state index in [1.54, 1.807) is 0 Å². The van der Waals surface area contributed by atoms with Crippen LogP contribution in [-0.2, 0) is 0 Å². The minimum absolute atomic E-state index is 0.0212. The molecule has 0 aliphatic rings. The Morgan fingerprint density at radius 3 is 1.83 bits per heavy atom. The van der Waals surface area contributed by atoms with Gasteiger partial charge in [0.05, 0.1) is 9.68 Å². The van der Waals surface area contributed by atoms with Crippen molar-refractivity contribution in [1.29, 1.82) is 0 Å². The van der Waals surface area contributed by atoms with Gasteiger partial charge in [-0.1, -0.05) is 41.5 Å². The summed E-state index contributed by atoms with van der Waals surface area (Å²) < 4.78 is 2.63. The van der Waals surface area contributed by atoms with Gasteiger partial charge >= 0.3 is 0 Å². The molecule has 0 saturated carbocycles. The van der Waals surface area contributed by atoms with E-state index in [0.717, 1.165) is 5.54 Å². The lowest BCUT2D eigenvalue weighted by atomic mass is 9.93. The van der Waals surface area contributed by atoms with Gasteiger partial charge in [-0.05, 0) is 24.0 Å². The van der Waals surface area contributed by atoms with Crippen molar-refractivity contribution in [3.8, 4) is 0 Å². The van der Waals surface area contributed by atoms with Crippen molar-refractivity contribution in [2.24, 2.45) is 5.41 Å². The Bertz CT molecular complexity index is 113. The van der Waals surface area contributed by atoms with Crippen LogP contribution in [0.25, 0.3) is 0 Å². The van der Waals surface area contributed by atoms with Crippen molar-refractivity contribution >= 4 is 9.68 Å². The summed E-state index contributed by atoms with van der Waals surface area (Å²) in [5, 5.41) is 0. The Balaban J connectivity index is 3.90. The zero-order valence-electron chi connectivity index (χ0n) is 9.65. The van der Waals surface area contributed by atoms with Gasteiger partial charge in [0.2, 0.25) is 0 Å². The van der Waals surface area contributed by atoms with Gasteiger partial charge in [0, 0.05) is 0 Å². The van der Waals surface area contributed by atoms with E-state index in [9.17, 15) is 0 Å². The molecule has 0 rings (SSSR count). The Morgan fingerprint density at radius 1 is 1.17 bits per heavy atom. The average Bonchev–Trinajstić information content (AvgIpc) is 1.97. The maximum atomic E-state index is 2.63. The van der Waals surface area contributed by atoms with Crippen LogP contribution in [0.5, 0.6) is 0 Å². The van der Waals surface area contributed by atoms with E-state index >= 15 is 0 Å². The lowest BCUT2D eigenvalue weighted by molar-refractivity contribution is 0.371. The van der Waals surface area contributed by atoms with Crippen molar-refractivity contribution in [1.82, 2.24) is 4.57 Å². The van der Waals surface area contributed by atoms with Crippen LogP contribution in [0.3, 0.4) is 0 Å². The first kappa shape index (κ1) is 12.2. The second-order valence-corrected chi connectivity index (χ2v) is 7.24. The first-order valence-corrected chi connectivity index (χ1v) is 6.59. The topological polar surface area (TPSA) is 3.24 Å². The summed E-state index contributed by atoms with van der Waals surface area (Å²) in [5.74, 6) is 0. The maximum absolute atomic E-state index is 2.63. The van der Waals surface area contributed by atoms with Gasteiger partial charge in [0.15, 0.2) is 0 Å². The van der Waals surface area contributed by atoms with Crippen LogP contribution in [-0.4, -0.2) is 27.3 Å². The fourth-order valence-corrected chi connectivity index (χ4v) is 2.98. The van der Waals surface area contributed by atoms with Gasteiger partial charge in [0.1, 0.15) is 0 Å². The predicted octanol–water partition coefficient (Wildman–Crippen LogP) is 2.27. The number of rotatable bonds is 4. The summed E-state index contributed by atoms with van der Waals surface area (Å²) in [7, 11) is -0.0212. The Labute approximate surface area is 80.4 Å². The van der Waals surface area contributed by atoms with E-state index in [1.165, 1.54) is 13.1 Å². The van der Waals surface area contributed by atoms with Crippen LogP contribution in [0.1, 0.15) is 41.5 Å². The van der Waals surface area contributed by atoms with Crippen molar-refractivity contribution < 1.29 is 0 Å². The zero-order chi connectivity index (χ0) is 9.78. The smallest absolute Gasteiger partial charge is 0.0983 e. The van der Waals surface area contributed by atoms with Crippen LogP contribution in [0, 0.1) is 5.41 Å². The average molecular weight is 187 g/mol. The van der Waals surface area contributed by atoms with Crippen molar-refractivity contribution in [3.63, 3.8) is 0 Å². The molecule has 1 atom stereocenters. The Morgan fingerprint density at radius 2 is 1.58 bits per heavy atom. The molecule has 0 fully saturated rings. The van der Waals surface area contributed by atoms with Crippen molar-refractivity contribution in [2.75, 3.05) is 13.1 Å². The summed E-state index contributed by atoms with van der Waals surface area (Å²) in [5.41, 5.74) is 1.42. The van der Waals surface area contributed by atoms with E-state index in [4.69, 9.17) is 0 Å². The summed E-state index contributed by atoms with van der Waals surface area (Å²) in [4.78, 5) is 0. The maximum Gasteiger partial charge on any atom is 0.0983 e. The van der Waals surface area contributed by atoms with E-state index in [2.05, 4.69) is 46.1 Å². The number of nitrogens with zero attached hydrogens (tertiary/aromatic N) is 1. The third-order valence-electron chi connectivity index (χ3n) is 2.90. The normalized spacial score (nSPS) is 16.2. The van der Waals surface area contributed by atoms with Crippen LogP contribution in [0.15, 0.2) is 0 Å². The highest BCUT2D eigenvalue weighted by Gasteiger charge is 2.21. The minimum atomic E-state index is -0.0212. The molecule has 74 valence electrons. The van der Waals surface area contributed by atoms with Gasteiger partial charge in [-0.25, -0.2) is 0 Å². The lowest BCUT2D eigenvalue weighted by Gasteiger charge is -2.31. The SMILES string of the molecule is CCN(CC)[SiH2]C(C)C(C)(C)C. The van der Waals surface area contributed by atoms with Gasteiger partial charge in [-0.15, -0.1) is 0 Å². The molecular weight excluding hydrogens is 162 g/mol. The molecular formula is C10H25NSi. The van der Waals surface area contributed by atoms with Crippen LogP contribution >= 0.6 is 0 Å². The predicted molar refractivity (Wildman–Crippen MR) is 60.3 cm³/mol. The number of hydrogen-bond acceptors (Lipinski definition) is 1. The summed E-state index contributed by atoms with van der Waals surface area (Å²) in [6, 6.07) is 0. The molecule has 0 N–H and O–H groups in total. The van der Waals surface area contributed by atoms with Gasteiger partial charge in [-0.3, -0.25) is 0 Å². The summed E-state index contributed by atoms with van der Waals surface area (Å²) >= 11 is 0. The molecule has 0 aromatic heterocycles. The van der Waals surface area contributed by atoms with Crippen molar-refractivity contribution in [3.05, 3.63) is 0 Å². The Hall–Kier alpha value is 0.177. The van der Waals surface area contributed by atoms with Crippen LogP contribution in [0.2, 0.25) is 5.54 Å². The third kappa shape index (κ3) is 4.26. The molecule has 0 aromatic carbocycles. The summed E-state index contributed by atoms with van der Waals surface area (Å²) in [6.45, 7) is 16.5. The zero-order valence-corrected chi connectivity index (χ0v) is 11.1. The Kier molecular flexibility index (Phi) is 5.10. The largest absolute Gasteiger partial charge is 0.329 e. The monoisotopic (exact) mass is 187 g/mol. The molecule has 12 heavy (non-hydrogen) atoms. The first-order valence-electron chi connectivity index (χ1n) is 5.14. The highest BCUT2D eigenvalue weighted by atomic mass is 28.2. The first-order chi connectivity index (χ1) is 5.41. The minimum Gasteiger partial charge on any atom is -0.329 e. The van der Waals surface area contributed by atoms with E-state index in [0.29, 0.717) is 5.41 Å². The standard InChI is InChI=1S/C10H25NSi/c1-7-11(8-2)12-9(3)10(4,5)6/h9H,7-8,12H2,1-6H3. The number of hydrogen-bond donors (Lipinski definition) is 0. The molecule has 0 saturated heterocycles. The van der Waals surface area contributed by atoms with Gasteiger partial charge in [0.25, 0.3) is 0 Å². The highest BCUT2D eigenvalue weighted by molar-refractivity contribution is 6.34. The summed E-state index contributed by atoms with van der Waals surface area (Å²) in [6.07, 6.45) is 0. The van der Waals surface area contributed by atoms with Crippen molar-refractivity contribution in [2.45, 2.75) is 47.1 Å². The third-order valence-corrected chi connectivity index (χ3v) is 6.09. The quantitative estimate of drug-likeness (QED) is 0.610. The molecule has 0 spiro atoms. The lowest BCUT2D eigenvalue weighted by Crippen LogP contribution is -2.33. The molecule has 0 amide bonds. The molecule has 1 nitrogen and oxygen atoms in total. The molecule has 0 aromatic rings. The van der Waals surface area contributed by atoms with Crippen LogP contribution < -0.4 is 0 Å². The second kappa shape index (κ2) is 5.03. The molecule has 0 aliphatic carbocycles. The molecule has 0 heterocycles.